The second kappa shape index (κ2) is 11.7. The number of benzene rings is 1. The van der Waals surface area contributed by atoms with Gasteiger partial charge in [0.2, 0.25) is 0 Å². The van der Waals surface area contributed by atoms with E-state index in [1.165, 1.54) is 5.57 Å². The summed E-state index contributed by atoms with van der Waals surface area (Å²) in [5.41, 5.74) is 7.25. The second-order valence-corrected chi connectivity index (χ2v) is 18.1. The maximum atomic E-state index is 5.46. The van der Waals surface area contributed by atoms with Crippen LogP contribution in [-0.4, -0.2) is 6.66 Å². The predicted octanol–water partition coefficient (Wildman–Crippen LogP) is 7.25. The normalized spacial score (nSPS) is 17.0. The molecule has 2 rings (SSSR count). The summed E-state index contributed by atoms with van der Waals surface area (Å²) in [7, 11) is 0. The quantitative estimate of drug-likeness (QED) is 0.279. The fourth-order valence-corrected chi connectivity index (χ4v) is 9.88. The molecular weight excluding hydrogens is 380 g/mol. The topological polar surface area (TPSA) is 9.23 Å². The van der Waals surface area contributed by atoms with Crippen LogP contribution in [0.3, 0.4) is 0 Å². The molecule has 1 aliphatic carbocycles. The van der Waals surface area contributed by atoms with Crippen LogP contribution in [0.25, 0.3) is 0 Å². The van der Waals surface area contributed by atoms with E-state index in [9.17, 15) is 0 Å². The third-order valence-corrected chi connectivity index (χ3v) is 11.0. The van der Waals surface area contributed by atoms with Crippen molar-refractivity contribution in [1.82, 2.24) is 0 Å². The van der Waals surface area contributed by atoms with Crippen LogP contribution >= 0.6 is 0 Å². The molecule has 0 bridgehead atoms. The van der Waals surface area contributed by atoms with Crippen molar-refractivity contribution in [2.24, 2.45) is 5.92 Å². The van der Waals surface area contributed by atoms with Gasteiger partial charge in [-0.1, -0.05) is 29.8 Å². The van der Waals surface area contributed by atoms with Gasteiger partial charge < -0.3 is 4.74 Å². The van der Waals surface area contributed by atoms with Crippen LogP contribution in [0.2, 0.25) is 13.1 Å². The van der Waals surface area contributed by atoms with Crippen LogP contribution in [0.15, 0.2) is 74.4 Å². The minimum absolute atomic E-state index is 0.267. The van der Waals surface area contributed by atoms with E-state index < -0.39 is 0 Å². The fourth-order valence-electron chi connectivity index (χ4n) is 3.06. The molecule has 1 atom stereocenters. The van der Waals surface area contributed by atoms with Gasteiger partial charge in [0.1, 0.15) is 5.75 Å². The van der Waals surface area contributed by atoms with Crippen molar-refractivity contribution in [1.29, 1.82) is 0 Å². The summed E-state index contributed by atoms with van der Waals surface area (Å²) >= 11 is 0.267. The van der Waals surface area contributed by atoms with Gasteiger partial charge in [0.25, 0.3) is 0 Å². The molecule has 0 amide bonds. The molecule has 0 aromatic heterocycles. The van der Waals surface area contributed by atoms with Crippen molar-refractivity contribution >= 4 is 6.66 Å². The Morgan fingerprint density at radius 1 is 1.00 bits per heavy atom. The first kappa shape index (κ1) is 23.9. The number of allylic oxidation sites excluding steroid dienone is 7. The first-order chi connectivity index (χ1) is 12.6. The van der Waals surface area contributed by atoms with Crippen molar-refractivity contribution in [2.45, 2.75) is 61.6 Å². The number of rotatable bonds is 5. The zero-order chi connectivity index (χ0) is 20.6. The second-order valence-electron chi connectivity index (χ2n) is 7.88. The van der Waals surface area contributed by atoms with Gasteiger partial charge in [0, 0.05) is 0 Å². The molecule has 0 aliphatic heterocycles. The summed E-state index contributed by atoms with van der Waals surface area (Å²) in [4.78, 5) is 0. The van der Waals surface area contributed by atoms with Crippen LogP contribution in [0.1, 0.15) is 48.5 Å². The zero-order valence-corrected chi connectivity index (χ0v) is 21.3. The fraction of sp³-hybridized carbons (Fsp3) is 0.417. The van der Waals surface area contributed by atoms with Crippen LogP contribution in [-0.2, 0) is 18.4 Å². The molecule has 0 spiro atoms. The number of para-hydroxylation sites is 1. The van der Waals surface area contributed by atoms with Gasteiger partial charge in [0.05, 0.1) is 6.26 Å². The first-order valence-electron chi connectivity index (χ1n) is 9.81. The molecule has 0 fully saturated rings. The van der Waals surface area contributed by atoms with Crippen molar-refractivity contribution in [3.05, 3.63) is 74.4 Å². The van der Waals surface area contributed by atoms with Gasteiger partial charge in [-0.15, -0.1) is 0 Å². The van der Waals surface area contributed by atoms with E-state index in [0.29, 0.717) is 0 Å². The Balaban J connectivity index is 0.000000271. The summed E-state index contributed by atoms with van der Waals surface area (Å²) in [6.45, 7) is 20.2. The summed E-state index contributed by atoms with van der Waals surface area (Å²) in [6.07, 6.45) is 3.85. The Morgan fingerprint density at radius 3 is 2.04 bits per heavy atom. The molecule has 0 radical (unpaired) electrons. The number of hydrogen-bond acceptors (Lipinski definition) is 1. The number of hydrogen-bond donors (Lipinski definition) is 0. The summed E-state index contributed by atoms with van der Waals surface area (Å²) in [5, 5.41) is 0. The molecule has 0 saturated heterocycles. The predicted molar refractivity (Wildman–Crippen MR) is 119 cm³/mol. The average Bonchev–Trinajstić information content (AvgIpc) is 2.78. The molecular formula is C24H36OSiTi. The van der Waals surface area contributed by atoms with Gasteiger partial charge >= 0.3 is 92.4 Å². The van der Waals surface area contributed by atoms with Crippen LogP contribution in [0.5, 0.6) is 5.75 Å². The SMILES string of the molecule is CC(C)=CC(C)=COc1ccccc1.CC1=C(C)C(C)[C]([Ti][SiH](C)C)=C1C. The van der Waals surface area contributed by atoms with Crippen molar-refractivity contribution in [3.63, 3.8) is 0 Å². The molecule has 1 unspecified atom stereocenters. The van der Waals surface area contributed by atoms with E-state index in [2.05, 4.69) is 60.7 Å². The molecule has 3 heteroatoms. The molecule has 1 aromatic rings. The molecule has 0 N–H and O–H groups in total. The van der Waals surface area contributed by atoms with E-state index in [0.717, 1.165) is 17.2 Å². The third kappa shape index (κ3) is 8.21. The monoisotopic (exact) mass is 416 g/mol. The Hall–Kier alpha value is -1.09. The molecule has 1 aliphatic rings. The van der Waals surface area contributed by atoms with E-state index in [4.69, 9.17) is 4.74 Å². The van der Waals surface area contributed by atoms with Gasteiger partial charge in [0.15, 0.2) is 0 Å². The van der Waals surface area contributed by atoms with E-state index in [1.54, 1.807) is 23.0 Å². The Kier molecular flexibility index (Phi) is 10.4. The molecule has 1 nitrogen and oxygen atoms in total. The van der Waals surface area contributed by atoms with E-state index in [1.807, 2.05) is 41.1 Å². The molecule has 0 heterocycles. The van der Waals surface area contributed by atoms with Crippen molar-refractivity contribution < 1.29 is 23.1 Å². The van der Waals surface area contributed by atoms with Gasteiger partial charge in [-0.05, 0) is 38.5 Å². The standard InChI is InChI=1S/C13H16O.C9H13.C2H7Si.Ti/c1-11(2)9-12(3)10-14-13-7-5-4-6-8-13;1-6-5-7(2)9(4)8(6)3;1-3-2;/h4-10H,1-3H3;6H,1-4H3;3H,1-2H3;. The summed E-state index contributed by atoms with van der Waals surface area (Å²) in [5.74, 6) is 1.66. The minimum atomic E-state index is -0.315. The Labute approximate surface area is 177 Å². The summed E-state index contributed by atoms with van der Waals surface area (Å²) in [6, 6.07) is 9.76. The van der Waals surface area contributed by atoms with Gasteiger partial charge in [-0.25, -0.2) is 0 Å². The van der Waals surface area contributed by atoms with E-state index >= 15 is 0 Å². The van der Waals surface area contributed by atoms with Crippen LogP contribution < -0.4 is 4.74 Å². The third-order valence-electron chi connectivity index (χ3n) is 4.73. The van der Waals surface area contributed by atoms with Crippen molar-refractivity contribution in [3.8, 4) is 5.75 Å². The Morgan fingerprint density at radius 2 is 1.59 bits per heavy atom. The summed E-state index contributed by atoms with van der Waals surface area (Å²) < 4.78 is 7.32. The Bertz CT molecular complexity index is 735. The van der Waals surface area contributed by atoms with E-state index in [-0.39, 0.29) is 25.1 Å². The zero-order valence-electron chi connectivity index (χ0n) is 18.6. The maximum absolute atomic E-state index is 5.46. The molecule has 146 valence electrons. The first-order valence-corrected chi connectivity index (χ1v) is 16.2. The average molecular weight is 417 g/mol. The van der Waals surface area contributed by atoms with Crippen molar-refractivity contribution in [2.75, 3.05) is 0 Å². The van der Waals surface area contributed by atoms with Gasteiger partial charge in [-0.2, -0.15) is 0 Å². The van der Waals surface area contributed by atoms with Crippen LogP contribution in [0.4, 0.5) is 0 Å². The number of ether oxygens (including phenoxy) is 1. The van der Waals surface area contributed by atoms with Crippen LogP contribution in [0, 0.1) is 5.92 Å². The molecule has 1 aromatic carbocycles. The molecule has 0 saturated carbocycles. The molecule has 27 heavy (non-hydrogen) atoms. The van der Waals surface area contributed by atoms with Gasteiger partial charge in [-0.3, -0.25) is 0 Å².